The molecular weight excluding hydrogens is 190 g/mol. The van der Waals surface area contributed by atoms with E-state index in [-0.39, 0.29) is 11.8 Å². The molecule has 1 aromatic heterocycles. The van der Waals surface area contributed by atoms with Crippen LogP contribution in [0.3, 0.4) is 0 Å². The van der Waals surface area contributed by atoms with Gasteiger partial charge in [0, 0.05) is 32.1 Å². The van der Waals surface area contributed by atoms with Crippen molar-refractivity contribution in [1.82, 2.24) is 9.58 Å². The van der Waals surface area contributed by atoms with Crippen LogP contribution >= 0.6 is 0 Å². The molecule has 0 saturated carbocycles. The van der Waals surface area contributed by atoms with Crippen molar-refractivity contribution >= 4 is 11.6 Å². The summed E-state index contributed by atoms with van der Waals surface area (Å²) in [4.78, 5) is 11.8. The van der Waals surface area contributed by atoms with Crippen LogP contribution in [0.1, 0.15) is 17.5 Å². The lowest BCUT2D eigenvalue weighted by Gasteiger charge is -2.16. The van der Waals surface area contributed by atoms with E-state index in [0.29, 0.717) is 0 Å². The molecular formula is C11H13N3O. The average molecular weight is 203 g/mol. The Hall–Kier alpha value is -1.58. The number of fused-ring (bicyclic) bond motifs is 3. The van der Waals surface area contributed by atoms with Gasteiger partial charge in [-0.1, -0.05) is 0 Å². The van der Waals surface area contributed by atoms with Crippen LogP contribution in [0.2, 0.25) is 0 Å². The molecule has 4 nitrogen and oxygen atoms in total. The zero-order valence-electron chi connectivity index (χ0n) is 8.90. The van der Waals surface area contributed by atoms with Gasteiger partial charge < -0.3 is 4.57 Å². The van der Waals surface area contributed by atoms with Gasteiger partial charge in [-0.05, 0) is 18.4 Å². The molecule has 1 aromatic rings. The van der Waals surface area contributed by atoms with Gasteiger partial charge in [0.2, 0.25) is 0 Å². The molecule has 0 N–H and O–H groups in total. The number of carbonyl (C=O) groups excluding carboxylic acids is 1. The summed E-state index contributed by atoms with van der Waals surface area (Å²) in [5.41, 5.74) is 3.44. The number of rotatable bonds is 0. The first-order valence-corrected chi connectivity index (χ1v) is 5.18. The molecule has 0 spiro atoms. The van der Waals surface area contributed by atoms with Crippen LogP contribution < -0.4 is 0 Å². The van der Waals surface area contributed by atoms with Crippen molar-refractivity contribution in [2.75, 3.05) is 7.05 Å². The number of hydrogen-bond donors (Lipinski definition) is 0. The van der Waals surface area contributed by atoms with E-state index in [1.165, 1.54) is 10.6 Å². The summed E-state index contributed by atoms with van der Waals surface area (Å²) in [6.07, 6.45) is 6.07. The van der Waals surface area contributed by atoms with Crippen LogP contribution in [0.5, 0.6) is 0 Å². The molecule has 0 aromatic carbocycles. The highest BCUT2D eigenvalue weighted by Gasteiger charge is 2.38. The summed E-state index contributed by atoms with van der Waals surface area (Å²) >= 11 is 0. The molecule has 2 heterocycles. The number of aryl methyl sites for hydroxylation is 2. The maximum Gasteiger partial charge on any atom is 0.251 e. The average Bonchev–Trinajstić information content (AvgIpc) is 2.69. The normalized spacial score (nSPS) is 23.9. The summed E-state index contributed by atoms with van der Waals surface area (Å²) in [7, 11) is 3.74. The second kappa shape index (κ2) is 2.72. The van der Waals surface area contributed by atoms with Crippen molar-refractivity contribution in [3.63, 3.8) is 0 Å². The van der Waals surface area contributed by atoms with Gasteiger partial charge in [-0.3, -0.25) is 4.79 Å². The molecule has 0 bridgehead atoms. The van der Waals surface area contributed by atoms with Gasteiger partial charge >= 0.3 is 0 Å². The number of nitrogens with zero attached hydrogens (tertiary/aromatic N) is 3. The second-order valence-corrected chi connectivity index (χ2v) is 4.30. The molecule has 3 rings (SSSR count). The summed E-state index contributed by atoms with van der Waals surface area (Å²) in [6, 6.07) is 0. The maximum atomic E-state index is 11.8. The van der Waals surface area contributed by atoms with Gasteiger partial charge in [-0.25, -0.2) is 5.01 Å². The highest BCUT2D eigenvalue weighted by molar-refractivity contribution is 6.17. The fourth-order valence-corrected chi connectivity index (χ4v) is 2.49. The summed E-state index contributed by atoms with van der Waals surface area (Å²) in [5, 5.41) is 5.81. The van der Waals surface area contributed by atoms with Crippen LogP contribution in [-0.2, 0) is 18.3 Å². The van der Waals surface area contributed by atoms with Crippen molar-refractivity contribution in [2.24, 2.45) is 18.1 Å². The zero-order valence-corrected chi connectivity index (χ0v) is 8.90. The quantitative estimate of drug-likeness (QED) is 0.613. The topological polar surface area (TPSA) is 37.6 Å². The molecule has 1 aliphatic heterocycles. The lowest BCUT2D eigenvalue weighted by atomic mass is 9.85. The SMILES string of the molecule is CN1N=C2c3cn(C)cc3CCC2C1=O. The van der Waals surface area contributed by atoms with Gasteiger partial charge in [-0.2, -0.15) is 5.10 Å². The monoisotopic (exact) mass is 203 g/mol. The van der Waals surface area contributed by atoms with Crippen LogP contribution in [0, 0.1) is 5.92 Å². The number of amides is 1. The third-order valence-corrected chi connectivity index (χ3v) is 3.22. The molecule has 1 aliphatic carbocycles. The van der Waals surface area contributed by atoms with Crippen LogP contribution in [-0.4, -0.2) is 28.2 Å². The van der Waals surface area contributed by atoms with Crippen molar-refractivity contribution < 1.29 is 4.79 Å². The third kappa shape index (κ3) is 1.07. The van der Waals surface area contributed by atoms with Gasteiger partial charge in [0.15, 0.2) is 0 Å². The Bertz CT molecular complexity index is 472. The van der Waals surface area contributed by atoms with Gasteiger partial charge in [0.25, 0.3) is 5.91 Å². The first-order chi connectivity index (χ1) is 7.16. The molecule has 15 heavy (non-hydrogen) atoms. The summed E-state index contributed by atoms with van der Waals surface area (Å²) in [6.45, 7) is 0. The Labute approximate surface area is 88.2 Å². The Morgan fingerprint density at radius 1 is 1.40 bits per heavy atom. The number of hydrazone groups is 1. The predicted octanol–water partition coefficient (Wildman–Crippen LogP) is 0.764. The van der Waals surface area contributed by atoms with E-state index < -0.39 is 0 Å². The Morgan fingerprint density at radius 3 is 3.00 bits per heavy atom. The van der Waals surface area contributed by atoms with E-state index in [1.807, 2.05) is 11.6 Å². The predicted molar refractivity (Wildman–Crippen MR) is 56.5 cm³/mol. The highest BCUT2D eigenvalue weighted by Crippen LogP contribution is 2.31. The Morgan fingerprint density at radius 2 is 2.20 bits per heavy atom. The molecule has 1 atom stereocenters. The van der Waals surface area contributed by atoms with Crippen LogP contribution in [0.4, 0.5) is 0 Å². The van der Waals surface area contributed by atoms with Gasteiger partial charge in [0.05, 0.1) is 11.6 Å². The van der Waals surface area contributed by atoms with Crippen LogP contribution in [0.25, 0.3) is 0 Å². The first-order valence-electron chi connectivity index (χ1n) is 5.18. The highest BCUT2D eigenvalue weighted by atomic mass is 16.2. The fourth-order valence-electron chi connectivity index (χ4n) is 2.49. The standard InChI is InChI=1S/C11H13N3O/c1-13-5-7-3-4-8-10(9(7)6-13)12-14(2)11(8)15/h5-6,8H,3-4H2,1-2H3. The molecule has 1 unspecified atom stereocenters. The van der Waals surface area contributed by atoms with Gasteiger partial charge in [0.1, 0.15) is 0 Å². The van der Waals surface area contributed by atoms with E-state index in [4.69, 9.17) is 0 Å². The lowest BCUT2D eigenvalue weighted by Crippen LogP contribution is -2.28. The Balaban J connectivity index is 2.14. The number of carbonyl (C=O) groups is 1. The minimum absolute atomic E-state index is 0.00454. The second-order valence-electron chi connectivity index (χ2n) is 4.30. The van der Waals surface area contributed by atoms with Crippen molar-refractivity contribution in [3.05, 3.63) is 23.5 Å². The van der Waals surface area contributed by atoms with E-state index in [9.17, 15) is 4.79 Å². The molecule has 2 aliphatic rings. The van der Waals surface area contributed by atoms with E-state index >= 15 is 0 Å². The molecule has 78 valence electrons. The van der Waals surface area contributed by atoms with Gasteiger partial charge in [-0.15, -0.1) is 0 Å². The van der Waals surface area contributed by atoms with Crippen molar-refractivity contribution in [2.45, 2.75) is 12.8 Å². The van der Waals surface area contributed by atoms with Crippen molar-refractivity contribution in [3.8, 4) is 0 Å². The smallest absolute Gasteiger partial charge is 0.251 e. The lowest BCUT2D eigenvalue weighted by molar-refractivity contribution is -0.130. The Kier molecular flexibility index (Phi) is 1.58. The largest absolute Gasteiger partial charge is 0.356 e. The summed E-state index contributed by atoms with van der Waals surface area (Å²) < 4.78 is 2.04. The summed E-state index contributed by atoms with van der Waals surface area (Å²) in [5.74, 6) is 0.143. The minimum atomic E-state index is 0.00454. The maximum absolute atomic E-state index is 11.8. The van der Waals surface area contributed by atoms with E-state index in [2.05, 4.69) is 17.5 Å². The number of aromatic nitrogens is 1. The fraction of sp³-hybridized carbons (Fsp3) is 0.455. The molecule has 1 amide bonds. The zero-order chi connectivity index (χ0) is 10.6. The molecule has 0 radical (unpaired) electrons. The van der Waals surface area contributed by atoms with Crippen LogP contribution in [0.15, 0.2) is 17.5 Å². The van der Waals surface area contributed by atoms with E-state index in [1.54, 1.807) is 7.05 Å². The van der Waals surface area contributed by atoms with Crippen molar-refractivity contribution in [1.29, 1.82) is 0 Å². The minimum Gasteiger partial charge on any atom is -0.356 e. The molecule has 0 saturated heterocycles. The first kappa shape index (κ1) is 8.71. The molecule has 0 fully saturated rings. The molecule has 4 heteroatoms. The van der Waals surface area contributed by atoms with E-state index in [0.717, 1.165) is 24.1 Å². The third-order valence-electron chi connectivity index (χ3n) is 3.22. The number of hydrogen-bond acceptors (Lipinski definition) is 2.